The molecule has 0 aromatic heterocycles. The highest BCUT2D eigenvalue weighted by Gasteiger charge is 2.26. The summed E-state index contributed by atoms with van der Waals surface area (Å²) in [6.07, 6.45) is 7.54. The van der Waals surface area contributed by atoms with Crippen molar-refractivity contribution in [2.75, 3.05) is 0 Å². The fraction of sp³-hybridized carbons (Fsp3) is 0.333. The Morgan fingerprint density at radius 2 is 1.85 bits per heavy atom. The highest BCUT2D eigenvalue weighted by atomic mass is 14.7. The third-order valence-electron chi connectivity index (χ3n) is 2.75. The van der Waals surface area contributed by atoms with Crippen molar-refractivity contribution < 1.29 is 0 Å². The summed E-state index contributed by atoms with van der Waals surface area (Å²) in [6.45, 7) is 0. The smallest absolute Gasteiger partial charge is 0.0447 e. The van der Waals surface area contributed by atoms with Crippen molar-refractivity contribution in [1.82, 2.24) is 0 Å². The first-order chi connectivity index (χ1) is 6.31. The molecule has 1 nitrogen and oxygen atoms in total. The van der Waals surface area contributed by atoms with Crippen LogP contribution in [-0.2, 0) is 5.54 Å². The molecule has 1 heteroatoms. The number of nitrogens with two attached hydrogens (primary N) is 1. The highest BCUT2D eigenvalue weighted by molar-refractivity contribution is 5.26. The first-order valence-electron chi connectivity index (χ1n) is 4.81. The molecular formula is C12H15N. The van der Waals surface area contributed by atoms with Crippen LogP contribution in [0.15, 0.2) is 42.5 Å². The molecule has 1 aromatic rings. The van der Waals surface area contributed by atoms with Gasteiger partial charge in [0, 0.05) is 5.54 Å². The number of hydrogen-bond acceptors (Lipinski definition) is 1. The molecular weight excluding hydrogens is 158 g/mol. The maximum atomic E-state index is 6.33. The van der Waals surface area contributed by atoms with Gasteiger partial charge in [-0.3, -0.25) is 0 Å². The largest absolute Gasteiger partial charge is 0.321 e. The second-order valence-electron chi connectivity index (χ2n) is 3.74. The lowest BCUT2D eigenvalue weighted by molar-refractivity contribution is 0.403. The van der Waals surface area contributed by atoms with E-state index in [0.717, 1.165) is 19.3 Å². The van der Waals surface area contributed by atoms with Gasteiger partial charge in [0.1, 0.15) is 0 Å². The van der Waals surface area contributed by atoms with E-state index in [2.05, 4.69) is 36.4 Å². The van der Waals surface area contributed by atoms with Gasteiger partial charge < -0.3 is 5.73 Å². The van der Waals surface area contributed by atoms with Crippen LogP contribution in [0.5, 0.6) is 0 Å². The zero-order valence-corrected chi connectivity index (χ0v) is 7.74. The van der Waals surface area contributed by atoms with Crippen LogP contribution in [0.1, 0.15) is 24.8 Å². The van der Waals surface area contributed by atoms with Gasteiger partial charge in [0.15, 0.2) is 0 Å². The zero-order chi connectivity index (χ0) is 9.15. The normalized spacial score (nSPS) is 27.5. The lowest BCUT2D eigenvalue weighted by Gasteiger charge is -2.31. The Kier molecular flexibility index (Phi) is 2.19. The van der Waals surface area contributed by atoms with Crippen molar-refractivity contribution >= 4 is 0 Å². The Morgan fingerprint density at radius 3 is 2.46 bits per heavy atom. The summed E-state index contributed by atoms with van der Waals surface area (Å²) in [6, 6.07) is 10.4. The minimum Gasteiger partial charge on any atom is -0.321 e. The quantitative estimate of drug-likeness (QED) is 0.649. The van der Waals surface area contributed by atoms with E-state index in [1.165, 1.54) is 5.56 Å². The van der Waals surface area contributed by atoms with Crippen LogP contribution in [0.2, 0.25) is 0 Å². The van der Waals surface area contributed by atoms with E-state index in [1.54, 1.807) is 0 Å². The standard InChI is InChI=1S/C12H15N/c13-12(9-5-2-6-10-12)11-7-3-1-4-8-11/h1-5,7-8H,6,9-10,13H2. The highest BCUT2D eigenvalue weighted by Crippen LogP contribution is 2.30. The third kappa shape index (κ3) is 1.65. The predicted molar refractivity (Wildman–Crippen MR) is 55.3 cm³/mol. The van der Waals surface area contributed by atoms with Crippen molar-refractivity contribution in [3.8, 4) is 0 Å². The fourth-order valence-corrected chi connectivity index (χ4v) is 1.89. The summed E-state index contributed by atoms with van der Waals surface area (Å²) in [5, 5.41) is 0. The Morgan fingerprint density at radius 1 is 1.08 bits per heavy atom. The molecule has 2 rings (SSSR count). The second-order valence-corrected chi connectivity index (χ2v) is 3.74. The second kappa shape index (κ2) is 3.35. The van der Waals surface area contributed by atoms with Crippen LogP contribution in [0.4, 0.5) is 0 Å². The monoisotopic (exact) mass is 173 g/mol. The van der Waals surface area contributed by atoms with Crippen molar-refractivity contribution in [1.29, 1.82) is 0 Å². The average Bonchev–Trinajstić information content (AvgIpc) is 2.20. The first kappa shape index (κ1) is 8.52. The van der Waals surface area contributed by atoms with Gasteiger partial charge in [-0.1, -0.05) is 42.5 Å². The van der Waals surface area contributed by atoms with Crippen molar-refractivity contribution in [3.63, 3.8) is 0 Å². The summed E-state index contributed by atoms with van der Waals surface area (Å²) in [5.74, 6) is 0. The van der Waals surface area contributed by atoms with E-state index < -0.39 is 0 Å². The van der Waals surface area contributed by atoms with Crippen LogP contribution in [-0.4, -0.2) is 0 Å². The summed E-state index contributed by atoms with van der Waals surface area (Å²) >= 11 is 0. The molecule has 0 radical (unpaired) electrons. The maximum absolute atomic E-state index is 6.33. The average molecular weight is 173 g/mol. The zero-order valence-electron chi connectivity index (χ0n) is 7.74. The molecule has 0 spiro atoms. The predicted octanol–water partition coefficient (Wildman–Crippen LogP) is 2.58. The molecule has 0 amide bonds. The van der Waals surface area contributed by atoms with Gasteiger partial charge in [-0.05, 0) is 24.8 Å². The van der Waals surface area contributed by atoms with Crippen LogP contribution in [0.25, 0.3) is 0 Å². The van der Waals surface area contributed by atoms with Crippen LogP contribution < -0.4 is 5.73 Å². The molecule has 0 bridgehead atoms. The molecule has 1 aromatic carbocycles. The van der Waals surface area contributed by atoms with Crippen LogP contribution in [0, 0.1) is 0 Å². The third-order valence-corrected chi connectivity index (χ3v) is 2.75. The molecule has 0 aliphatic heterocycles. The molecule has 13 heavy (non-hydrogen) atoms. The van der Waals surface area contributed by atoms with Gasteiger partial charge in [-0.2, -0.15) is 0 Å². The van der Waals surface area contributed by atoms with Crippen LogP contribution >= 0.6 is 0 Å². The summed E-state index contributed by atoms with van der Waals surface area (Å²) < 4.78 is 0. The van der Waals surface area contributed by atoms with Gasteiger partial charge in [0.25, 0.3) is 0 Å². The summed E-state index contributed by atoms with van der Waals surface area (Å²) in [5.41, 5.74) is 7.48. The molecule has 2 N–H and O–H groups in total. The number of benzene rings is 1. The Hall–Kier alpha value is -1.08. The molecule has 1 unspecified atom stereocenters. The number of allylic oxidation sites excluding steroid dienone is 1. The molecule has 0 fully saturated rings. The van der Waals surface area contributed by atoms with Crippen molar-refractivity contribution in [3.05, 3.63) is 48.0 Å². The summed E-state index contributed by atoms with van der Waals surface area (Å²) in [4.78, 5) is 0. The summed E-state index contributed by atoms with van der Waals surface area (Å²) in [7, 11) is 0. The molecule has 68 valence electrons. The molecule has 1 aliphatic rings. The Labute approximate surface area is 79.3 Å². The molecule has 0 saturated carbocycles. The molecule has 1 atom stereocenters. The van der Waals surface area contributed by atoms with Gasteiger partial charge in [0.05, 0.1) is 0 Å². The first-order valence-corrected chi connectivity index (χ1v) is 4.81. The van der Waals surface area contributed by atoms with E-state index in [1.807, 2.05) is 6.07 Å². The van der Waals surface area contributed by atoms with E-state index in [9.17, 15) is 0 Å². The minimum atomic E-state index is -0.115. The van der Waals surface area contributed by atoms with Crippen molar-refractivity contribution in [2.45, 2.75) is 24.8 Å². The van der Waals surface area contributed by atoms with Gasteiger partial charge in [-0.25, -0.2) is 0 Å². The molecule has 1 aliphatic carbocycles. The number of rotatable bonds is 1. The lowest BCUT2D eigenvalue weighted by Crippen LogP contribution is -2.37. The maximum Gasteiger partial charge on any atom is 0.0447 e. The van der Waals surface area contributed by atoms with Gasteiger partial charge >= 0.3 is 0 Å². The Balaban J connectivity index is 2.29. The van der Waals surface area contributed by atoms with Crippen LogP contribution in [0.3, 0.4) is 0 Å². The van der Waals surface area contributed by atoms with E-state index >= 15 is 0 Å². The lowest BCUT2D eigenvalue weighted by atomic mass is 9.81. The van der Waals surface area contributed by atoms with Crippen molar-refractivity contribution in [2.24, 2.45) is 5.73 Å². The molecule has 0 saturated heterocycles. The number of hydrogen-bond donors (Lipinski definition) is 1. The SMILES string of the molecule is NC1(c2ccccc2)CC=CCC1. The van der Waals surface area contributed by atoms with Gasteiger partial charge in [-0.15, -0.1) is 0 Å². The van der Waals surface area contributed by atoms with E-state index in [4.69, 9.17) is 5.73 Å². The molecule has 0 heterocycles. The van der Waals surface area contributed by atoms with Gasteiger partial charge in [0.2, 0.25) is 0 Å². The van der Waals surface area contributed by atoms with E-state index in [0.29, 0.717) is 0 Å². The fourth-order valence-electron chi connectivity index (χ4n) is 1.89. The Bertz CT molecular complexity index is 302. The topological polar surface area (TPSA) is 26.0 Å². The minimum absolute atomic E-state index is 0.115. The van der Waals surface area contributed by atoms with E-state index in [-0.39, 0.29) is 5.54 Å².